The molecular weight excluding hydrogens is 863 g/mol. The number of rotatable bonds is 12. The van der Waals surface area contributed by atoms with Crippen LogP contribution in [0.1, 0.15) is 141 Å². The van der Waals surface area contributed by atoms with Crippen molar-refractivity contribution < 1.29 is 43.2 Å². The number of methoxy groups -OCH3 is 2. The second kappa shape index (κ2) is 16.2. The first-order chi connectivity index (χ1) is 31.6. The molecule has 4 aromatic carbocycles. The van der Waals surface area contributed by atoms with Crippen LogP contribution in [0.2, 0.25) is 0 Å². The number of carboxylic acids is 1. The van der Waals surface area contributed by atoms with E-state index in [0.29, 0.717) is 71.2 Å². The summed E-state index contributed by atoms with van der Waals surface area (Å²) < 4.78 is 24.4. The molecule has 4 aliphatic heterocycles. The molecule has 0 radical (unpaired) electrons. The van der Waals surface area contributed by atoms with Gasteiger partial charge in [0.2, 0.25) is 5.91 Å². The number of nitrogens with one attached hydrogen (secondary N) is 1. The summed E-state index contributed by atoms with van der Waals surface area (Å²) in [7, 11) is 3.25. The first-order valence-electron chi connectivity index (χ1n) is 23.0. The molecule has 0 spiro atoms. The molecule has 0 aromatic heterocycles. The number of nitrogens with two attached hydrogens (primary N) is 1. The van der Waals surface area contributed by atoms with Gasteiger partial charge in [-0.2, -0.15) is 0 Å². The molecule has 0 fully saturated rings. The van der Waals surface area contributed by atoms with Crippen molar-refractivity contribution in [2.75, 3.05) is 20.8 Å². The fourth-order valence-corrected chi connectivity index (χ4v) is 10.4. The van der Waals surface area contributed by atoms with Crippen LogP contribution in [0.4, 0.5) is 0 Å². The Morgan fingerprint density at radius 2 is 1.15 bits per heavy atom. The van der Waals surface area contributed by atoms with E-state index >= 15 is 4.79 Å². The van der Waals surface area contributed by atoms with Crippen LogP contribution in [0.3, 0.4) is 0 Å². The van der Waals surface area contributed by atoms with Crippen LogP contribution in [0.25, 0.3) is 0 Å². The number of hydrogen-bond donors (Lipinski definition) is 3. The normalized spacial score (nSPS) is 18.7. The SMILES string of the molecule is COc1cc2c(c3c1OC(C)(C)C3)C(c1cccc(C(=O)NC[C@@](C)(C(=O)O)N(C(=O)c3cccc(C4=NC(C)(C)Cc5cc(OC)c6c(c54)CC(C)(C)O6)c3)C(C)(C)C(N)=O)c1)=NC(C)(C)C2. The van der Waals surface area contributed by atoms with Gasteiger partial charge < -0.3 is 40.0 Å². The van der Waals surface area contributed by atoms with Crippen molar-refractivity contribution >= 4 is 35.1 Å². The van der Waals surface area contributed by atoms with Crippen LogP contribution in [0.15, 0.2) is 70.6 Å². The number of primary amides is 1. The number of hydrogen-bond acceptors (Lipinski definition) is 10. The van der Waals surface area contributed by atoms with Crippen molar-refractivity contribution in [3.8, 4) is 23.0 Å². The largest absolute Gasteiger partial charge is 0.493 e. The Morgan fingerprint density at radius 3 is 1.57 bits per heavy atom. The highest BCUT2D eigenvalue weighted by atomic mass is 16.5. The van der Waals surface area contributed by atoms with Crippen LogP contribution in [-0.4, -0.2) is 99.2 Å². The molecular formula is C54H63N5O9. The van der Waals surface area contributed by atoms with Gasteiger partial charge in [0.05, 0.1) is 43.3 Å². The molecule has 0 unspecified atom stereocenters. The summed E-state index contributed by atoms with van der Waals surface area (Å²) in [6.07, 6.45) is 2.52. The molecule has 4 aliphatic rings. The van der Waals surface area contributed by atoms with E-state index in [2.05, 4.69) is 19.2 Å². The molecule has 0 saturated carbocycles. The quantitative estimate of drug-likeness (QED) is 0.130. The molecule has 3 amide bonds. The summed E-state index contributed by atoms with van der Waals surface area (Å²) in [5.74, 6) is -1.17. The average molecular weight is 926 g/mol. The van der Waals surface area contributed by atoms with Gasteiger partial charge >= 0.3 is 5.97 Å². The zero-order valence-electron chi connectivity index (χ0n) is 41.4. The monoisotopic (exact) mass is 925 g/mol. The Balaban J connectivity index is 1.13. The van der Waals surface area contributed by atoms with Gasteiger partial charge in [-0.05, 0) is 137 Å². The first kappa shape index (κ1) is 47.8. The van der Waals surface area contributed by atoms with Gasteiger partial charge in [0.15, 0.2) is 28.5 Å². The summed E-state index contributed by atoms with van der Waals surface area (Å²) in [5.41, 5.74) is 8.78. The second-order valence-corrected chi connectivity index (χ2v) is 21.8. The highest BCUT2D eigenvalue weighted by Gasteiger charge is 2.52. The van der Waals surface area contributed by atoms with Crippen molar-refractivity contribution in [1.82, 2.24) is 10.2 Å². The van der Waals surface area contributed by atoms with E-state index in [9.17, 15) is 19.5 Å². The summed E-state index contributed by atoms with van der Waals surface area (Å²) in [4.78, 5) is 67.7. The number of aliphatic imine (C=N–C) groups is 2. The van der Waals surface area contributed by atoms with Gasteiger partial charge in [-0.15, -0.1) is 0 Å². The molecule has 8 rings (SSSR count). The molecule has 4 aromatic rings. The topological polar surface area (TPSA) is 191 Å². The standard InChI is InChI=1S/C54H63N5O9/c1-49(2)24-33-22-37(65-12)43-35(26-51(5,6)67-43)39(33)41(57-49)29-16-14-18-31(20-29)45(60)56-28-54(11,48(63)64)59(53(9,10)47(55)62)46(61)32-19-15-17-30(21-32)42-40-34(25-50(3,4)58-42)23-38(66-13)44-36(40)27-52(7,8)68-44/h14-23H,24-28H2,1-13H3,(H2,55,62)(H,56,60)(H,63,64)/t54-/m0/s1. The van der Waals surface area contributed by atoms with Crippen LogP contribution in [-0.2, 0) is 35.3 Å². The van der Waals surface area contributed by atoms with Crippen LogP contribution in [0, 0.1) is 0 Å². The summed E-state index contributed by atoms with van der Waals surface area (Å²) >= 11 is 0. The molecule has 1 atom stereocenters. The lowest BCUT2D eigenvalue weighted by molar-refractivity contribution is -0.153. The van der Waals surface area contributed by atoms with E-state index < -0.39 is 63.6 Å². The van der Waals surface area contributed by atoms with E-state index in [4.69, 9.17) is 34.7 Å². The minimum Gasteiger partial charge on any atom is -0.493 e. The number of aliphatic carboxylic acids is 1. The highest BCUT2D eigenvalue weighted by molar-refractivity contribution is 6.18. The fourth-order valence-electron chi connectivity index (χ4n) is 10.4. The Bertz CT molecular complexity index is 2890. The smallest absolute Gasteiger partial charge is 0.331 e. The van der Waals surface area contributed by atoms with Crippen LogP contribution in [0.5, 0.6) is 23.0 Å². The van der Waals surface area contributed by atoms with Crippen molar-refractivity contribution in [3.63, 3.8) is 0 Å². The van der Waals surface area contributed by atoms with Gasteiger partial charge in [0.25, 0.3) is 11.8 Å². The summed E-state index contributed by atoms with van der Waals surface area (Å²) in [5, 5.41) is 13.9. The van der Waals surface area contributed by atoms with Gasteiger partial charge in [0, 0.05) is 57.3 Å². The van der Waals surface area contributed by atoms with Gasteiger partial charge in [-0.1, -0.05) is 24.3 Å². The molecule has 14 nitrogen and oxygen atoms in total. The number of carboxylic acid groups (broad SMARTS) is 1. The Hall–Kier alpha value is -6.70. The fraction of sp³-hybridized carbons (Fsp3) is 0.444. The third-order valence-corrected chi connectivity index (χ3v) is 13.5. The average Bonchev–Trinajstić information content (AvgIpc) is 3.77. The molecule has 0 aliphatic carbocycles. The second-order valence-electron chi connectivity index (χ2n) is 21.8. The molecule has 4 heterocycles. The van der Waals surface area contributed by atoms with Crippen molar-refractivity contribution in [2.45, 2.75) is 135 Å². The summed E-state index contributed by atoms with van der Waals surface area (Å²) in [6, 6.07) is 17.8. The molecule has 0 saturated heterocycles. The highest BCUT2D eigenvalue weighted by Crippen LogP contribution is 2.49. The van der Waals surface area contributed by atoms with E-state index in [0.717, 1.165) is 38.3 Å². The lowest BCUT2D eigenvalue weighted by atomic mass is 9.80. The molecule has 358 valence electrons. The number of amides is 3. The molecule has 0 bridgehead atoms. The maximum atomic E-state index is 15.1. The number of benzene rings is 4. The van der Waals surface area contributed by atoms with Crippen LogP contribution < -0.4 is 30.0 Å². The van der Waals surface area contributed by atoms with Crippen LogP contribution >= 0.6 is 0 Å². The Labute approximate surface area is 398 Å². The number of ether oxygens (including phenoxy) is 4. The third-order valence-electron chi connectivity index (χ3n) is 13.5. The predicted octanol–water partition coefficient (Wildman–Crippen LogP) is 7.45. The maximum absolute atomic E-state index is 15.1. The third kappa shape index (κ3) is 8.36. The lowest BCUT2D eigenvalue weighted by Gasteiger charge is -2.46. The molecule has 68 heavy (non-hydrogen) atoms. The van der Waals surface area contributed by atoms with Gasteiger partial charge in [-0.25, -0.2) is 4.79 Å². The van der Waals surface area contributed by atoms with Crippen molar-refractivity contribution in [3.05, 3.63) is 116 Å². The Morgan fingerprint density at radius 1 is 0.706 bits per heavy atom. The van der Waals surface area contributed by atoms with E-state index in [1.807, 2.05) is 65.8 Å². The zero-order valence-corrected chi connectivity index (χ0v) is 41.4. The van der Waals surface area contributed by atoms with Gasteiger partial charge in [-0.3, -0.25) is 24.4 Å². The number of carbonyl (C=O) groups is 4. The van der Waals surface area contributed by atoms with E-state index in [1.165, 1.54) is 20.8 Å². The number of carbonyl (C=O) groups excluding carboxylic acids is 3. The molecule has 4 N–H and O–H groups in total. The first-order valence-corrected chi connectivity index (χ1v) is 23.0. The Kier molecular flexibility index (Phi) is 11.4. The lowest BCUT2D eigenvalue weighted by Crippen LogP contribution is -2.70. The zero-order chi connectivity index (χ0) is 49.7. The number of nitrogens with zero attached hydrogens (tertiary/aromatic N) is 3. The maximum Gasteiger partial charge on any atom is 0.331 e. The molecule has 14 heteroatoms. The van der Waals surface area contributed by atoms with E-state index in [-0.39, 0.29) is 11.1 Å². The predicted molar refractivity (Wildman–Crippen MR) is 260 cm³/mol. The van der Waals surface area contributed by atoms with Crippen molar-refractivity contribution in [1.29, 1.82) is 0 Å². The van der Waals surface area contributed by atoms with Crippen molar-refractivity contribution in [2.24, 2.45) is 15.7 Å². The minimum absolute atomic E-state index is 0.0899. The summed E-state index contributed by atoms with van der Waals surface area (Å²) in [6.45, 7) is 19.8. The van der Waals surface area contributed by atoms with E-state index in [1.54, 1.807) is 50.6 Å². The minimum atomic E-state index is -2.20. The van der Waals surface area contributed by atoms with Gasteiger partial charge in [0.1, 0.15) is 16.7 Å². The number of fused-ring (bicyclic) bond motifs is 6.